The molecule has 0 aliphatic heterocycles. The van der Waals surface area contributed by atoms with Crippen molar-refractivity contribution in [3.63, 3.8) is 0 Å². The van der Waals surface area contributed by atoms with E-state index in [1.165, 1.54) is 205 Å². The molecule has 0 aliphatic rings. The molecule has 0 N–H and O–H groups in total. The molecule has 0 amide bonds. The lowest BCUT2D eigenvalue weighted by molar-refractivity contribution is -0.167. The number of hydrogen-bond acceptors (Lipinski definition) is 6. The maximum Gasteiger partial charge on any atom is 0.306 e. The molecule has 6 heteroatoms. The smallest absolute Gasteiger partial charge is 0.306 e. The predicted octanol–water partition coefficient (Wildman–Crippen LogP) is 17.2. The van der Waals surface area contributed by atoms with Gasteiger partial charge in [0.05, 0.1) is 0 Å². The average Bonchev–Trinajstić information content (AvgIpc) is 3.23. The van der Waals surface area contributed by atoms with Gasteiger partial charge in [0.15, 0.2) is 6.10 Å². The van der Waals surface area contributed by atoms with E-state index >= 15 is 0 Å². The average molecular weight is 835 g/mol. The molecule has 59 heavy (non-hydrogen) atoms. The van der Waals surface area contributed by atoms with Gasteiger partial charge in [0, 0.05) is 19.3 Å². The maximum absolute atomic E-state index is 12.8. The molecule has 0 heterocycles. The van der Waals surface area contributed by atoms with Crippen molar-refractivity contribution in [2.45, 2.75) is 309 Å². The van der Waals surface area contributed by atoms with Crippen LogP contribution in [0.1, 0.15) is 303 Å². The topological polar surface area (TPSA) is 78.9 Å². The first-order chi connectivity index (χ1) is 29.0. The number of carbonyl (C=O) groups is 3. The SMILES string of the molecule is CCCCCCCCCCCCCCCCCCCC(=O)OC[C@H](COC(=O)CCCCCCCCCCC)OC(=O)CCCCCCCCCCCCCCCCC. The Morgan fingerprint density at radius 2 is 0.458 bits per heavy atom. The first kappa shape index (κ1) is 57.4. The minimum Gasteiger partial charge on any atom is -0.462 e. The summed E-state index contributed by atoms with van der Waals surface area (Å²) in [4.78, 5) is 37.9. The van der Waals surface area contributed by atoms with E-state index in [0.29, 0.717) is 19.3 Å². The molecule has 0 radical (unpaired) electrons. The summed E-state index contributed by atoms with van der Waals surface area (Å²) in [6, 6.07) is 0. The van der Waals surface area contributed by atoms with Gasteiger partial charge in [-0.1, -0.05) is 265 Å². The second kappa shape index (κ2) is 49.1. The van der Waals surface area contributed by atoms with E-state index in [9.17, 15) is 14.4 Å². The third-order valence-corrected chi connectivity index (χ3v) is 12.1. The molecule has 1 atom stereocenters. The Hall–Kier alpha value is -1.59. The Balaban J connectivity index is 4.24. The van der Waals surface area contributed by atoms with Crippen LogP contribution in [0.5, 0.6) is 0 Å². The first-order valence-electron chi connectivity index (χ1n) is 26.5. The van der Waals surface area contributed by atoms with E-state index in [2.05, 4.69) is 20.8 Å². The Bertz CT molecular complexity index is 874. The van der Waals surface area contributed by atoms with Gasteiger partial charge in [-0.25, -0.2) is 0 Å². The van der Waals surface area contributed by atoms with E-state index in [-0.39, 0.29) is 31.1 Å². The summed E-state index contributed by atoms with van der Waals surface area (Å²) in [5, 5.41) is 0. The molecule has 350 valence electrons. The number of carbonyl (C=O) groups excluding carboxylic acids is 3. The van der Waals surface area contributed by atoms with Gasteiger partial charge in [-0.2, -0.15) is 0 Å². The van der Waals surface area contributed by atoms with Crippen LogP contribution in [0.25, 0.3) is 0 Å². The molecule has 0 aliphatic carbocycles. The molecule has 0 fully saturated rings. The summed E-state index contributed by atoms with van der Waals surface area (Å²) in [6.45, 7) is 6.67. The van der Waals surface area contributed by atoms with Crippen molar-refractivity contribution in [2.24, 2.45) is 0 Å². The van der Waals surface area contributed by atoms with Crippen LogP contribution in [0.2, 0.25) is 0 Å². The maximum atomic E-state index is 12.8. The normalized spacial score (nSPS) is 11.8. The lowest BCUT2D eigenvalue weighted by atomic mass is 10.0. The first-order valence-corrected chi connectivity index (χ1v) is 26.5. The number of hydrogen-bond donors (Lipinski definition) is 0. The third-order valence-electron chi connectivity index (χ3n) is 12.1. The van der Waals surface area contributed by atoms with Crippen molar-refractivity contribution in [2.75, 3.05) is 13.2 Å². The molecule has 0 rings (SSSR count). The molecule has 0 aromatic carbocycles. The molecule has 0 aromatic heterocycles. The Kier molecular flexibility index (Phi) is 47.7. The van der Waals surface area contributed by atoms with Crippen molar-refractivity contribution < 1.29 is 28.6 Å². The van der Waals surface area contributed by atoms with Crippen LogP contribution in [-0.2, 0) is 28.6 Å². The van der Waals surface area contributed by atoms with E-state index in [1.54, 1.807) is 0 Å². The van der Waals surface area contributed by atoms with Crippen molar-refractivity contribution in [3.05, 3.63) is 0 Å². The van der Waals surface area contributed by atoms with Gasteiger partial charge in [0.2, 0.25) is 0 Å². The number of ether oxygens (including phenoxy) is 3. The Labute approximate surface area is 368 Å². The molecule has 0 unspecified atom stereocenters. The van der Waals surface area contributed by atoms with Gasteiger partial charge in [-0.3, -0.25) is 14.4 Å². The molecule has 0 bridgehead atoms. The predicted molar refractivity (Wildman–Crippen MR) is 252 cm³/mol. The van der Waals surface area contributed by atoms with Crippen LogP contribution < -0.4 is 0 Å². The largest absolute Gasteiger partial charge is 0.462 e. The summed E-state index contributed by atoms with van der Waals surface area (Å²) < 4.78 is 16.8. The van der Waals surface area contributed by atoms with Gasteiger partial charge in [-0.15, -0.1) is 0 Å². The monoisotopic (exact) mass is 835 g/mol. The van der Waals surface area contributed by atoms with E-state index < -0.39 is 6.10 Å². The van der Waals surface area contributed by atoms with Crippen molar-refractivity contribution in [3.8, 4) is 0 Å². The second-order valence-corrected chi connectivity index (χ2v) is 18.2. The zero-order chi connectivity index (χ0) is 43.0. The highest BCUT2D eigenvalue weighted by Crippen LogP contribution is 2.17. The number of unbranched alkanes of at least 4 members (excludes halogenated alkanes) is 38. The fourth-order valence-electron chi connectivity index (χ4n) is 8.09. The molecule has 0 spiro atoms. The molecule has 0 saturated heterocycles. The van der Waals surface area contributed by atoms with Gasteiger partial charge < -0.3 is 14.2 Å². The summed E-state index contributed by atoms with van der Waals surface area (Å²) >= 11 is 0. The van der Waals surface area contributed by atoms with Crippen LogP contribution in [0.4, 0.5) is 0 Å². The molecular formula is C53H102O6. The third kappa shape index (κ3) is 47.3. The lowest BCUT2D eigenvalue weighted by Gasteiger charge is -2.18. The second-order valence-electron chi connectivity index (χ2n) is 18.2. The molecular weight excluding hydrogens is 733 g/mol. The highest BCUT2D eigenvalue weighted by Gasteiger charge is 2.19. The standard InChI is InChI=1S/C53H102O6/c1-4-7-10-13-16-19-21-23-25-26-28-29-31-34-37-40-43-46-52(55)58-49-50(48-57-51(54)45-42-39-36-33-18-15-12-9-6-3)59-53(56)47-44-41-38-35-32-30-27-24-22-20-17-14-11-8-5-2/h50H,4-49H2,1-3H3/t50-/m0/s1. The van der Waals surface area contributed by atoms with Crippen LogP contribution in [0.15, 0.2) is 0 Å². The molecule has 0 aromatic rings. The summed E-state index contributed by atoms with van der Waals surface area (Å²) in [5.74, 6) is -0.842. The van der Waals surface area contributed by atoms with Crippen LogP contribution >= 0.6 is 0 Å². The van der Waals surface area contributed by atoms with Crippen molar-refractivity contribution in [1.29, 1.82) is 0 Å². The van der Waals surface area contributed by atoms with E-state index in [4.69, 9.17) is 14.2 Å². The highest BCUT2D eigenvalue weighted by atomic mass is 16.6. The zero-order valence-electron chi connectivity index (χ0n) is 40.1. The molecule has 6 nitrogen and oxygen atoms in total. The van der Waals surface area contributed by atoms with Gasteiger partial charge in [-0.05, 0) is 19.3 Å². The summed E-state index contributed by atoms with van der Waals surface area (Å²) in [5.41, 5.74) is 0. The fourth-order valence-corrected chi connectivity index (χ4v) is 8.09. The quantitative estimate of drug-likeness (QED) is 0.0345. The highest BCUT2D eigenvalue weighted by molar-refractivity contribution is 5.71. The van der Waals surface area contributed by atoms with Crippen molar-refractivity contribution >= 4 is 17.9 Å². The van der Waals surface area contributed by atoms with Crippen molar-refractivity contribution in [1.82, 2.24) is 0 Å². The number of rotatable bonds is 49. The minimum absolute atomic E-state index is 0.0618. The fraction of sp³-hybridized carbons (Fsp3) is 0.943. The number of esters is 3. The van der Waals surface area contributed by atoms with Gasteiger partial charge in [0.25, 0.3) is 0 Å². The summed E-state index contributed by atoms with van der Waals surface area (Å²) in [7, 11) is 0. The Morgan fingerprint density at radius 3 is 0.678 bits per heavy atom. The Morgan fingerprint density at radius 1 is 0.271 bits per heavy atom. The van der Waals surface area contributed by atoms with E-state index in [0.717, 1.165) is 57.8 Å². The lowest BCUT2D eigenvalue weighted by Crippen LogP contribution is -2.30. The van der Waals surface area contributed by atoms with Gasteiger partial charge >= 0.3 is 17.9 Å². The van der Waals surface area contributed by atoms with Crippen LogP contribution in [0, 0.1) is 0 Å². The van der Waals surface area contributed by atoms with Crippen LogP contribution in [-0.4, -0.2) is 37.2 Å². The van der Waals surface area contributed by atoms with E-state index in [1.807, 2.05) is 0 Å². The minimum atomic E-state index is -0.759. The van der Waals surface area contributed by atoms with Crippen LogP contribution in [0.3, 0.4) is 0 Å². The van der Waals surface area contributed by atoms with Gasteiger partial charge in [0.1, 0.15) is 13.2 Å². The zero-order valence-corrected chi connectivity index (χ0v) is 40.1. The summed E-state index contributed by atoms with van der Waals surface area (Å²) in [6.07, 6.45) is 52.3. The molecule has 0 saturated carbocycles.